The van der Waals surface area contributed by atoms with Gasteiger partial charge in [0, 0.05) is 61.8 Å². The van der Waals surface area contributed by atoms with Gasteiger partial charge in [-0.3, -0.25) is 14.9 Å². The standard InChI is InChI=1S/C46H47N5O6/c52-41(38-19-21-42(45-39(38)20-22-43(53)50-45)56-31-33-9-3-1-4-10-33)30-47-29-32-15-17-35(18-16-32)48-44(54)25-28-51-26-23-36(24-27-51)57-46(55)49-40-14-8-7-13-37(40)34-11-5-2-6-12-34/h1-22,36,41,47,52H,23-31H2,(H,48,54)(H,49,55)(H,50,53). The van der Waals surface area contributed by atoms with Crippen molar-refractivity contribution in [2.75, 3.05) is 36.8 Å². The first-order valence-corrected chi connectivity index (χ1v) is 19.3. The summed E-state index contributed by atoms with van der Waals surface area (Å²) in [5.41, 5.74) is 6.36. The second-order valence-electron chi connectivity index (χ2n) is 14.2. The summed E-state index contributed by atoms with van der Waals surface area (Å²) in [5.74, 6) is 0.474. The molecule has 2 amide bonds. The molecule has 1 saturated heterocycles. The number of piperidine rings is 1. The Morgan fingerprint density at radius 2 is 1.51 bits per heavy atom. The third kappa shape index (κ3) is 10.7. The number of benzene rings is 5. The molecular formula is C46H47N5O6. The molecule has 1 atom stereocenters. The number of ether oxygens (including phenoxy) is 2. The number of aromatic amines is 1. The molecule has 0 saturated carbocycles. The molecule has 0 bridgehead atoms. The summed E-state index contributed by atoms with van der Waals surface area (Å²) in [5, 5.41) is 21.0. The lowest BCUT2D eigenvalue weighted by Crippen LogP contribution is -2.39. The van der Waals surface area contributed by atoms with Crippen molar-refractivity contribution in [3.05, 3.63) is 161 Å². The molecule has 57 heavy (non-hydrogen) atoms. The van der Waals surface area contributed by atoms with Crippen LogP contribution < -0.4 is 26.2 Å². The van der Waals surface area contributed by atoms with E-state index in [0.717, 1.165) is 40.7 Å². The number of aliphatic hydroxyl groups excluding tert-OH is 1. The summed E-state index contributed by atoms with van der Waals surface area (Å²) in [4.78, 5) is 42.8. The molecule has 292 valence electrons. The van der Waals surface area contributed by atoms with Crippen molar-refractivity contribution in [3.63, 3.8) is 0 Å². The van der Waals surface area contributed by atoms with Gasteiger partial charge in [0.2, 0.25) is 11.5 Å². The zero-order valence-electron chi connectivity index (χ0n) is 31.7. The first-order valence-electron chi connectivity index (χ1n) is 19.3. The van der Waals surface area contributed by atoms with Crippen molar-refractivity contribution in [3.8, 4) is 16.9 Å². The molecule has 5 N–H and O–H groups in total. The van der Waals surface area contributed by atoms with Crippen LogP contribution in [-0.2, 0) is 22.7 Å². The average molecular weight is 766 g/mol. The van der Waals surface area contributed by atoms with Gasteiger partial charge >= 0.3 is 6.09 Å². The van der Waals surface area contributed by atoms with Crippen LogP contribution in [0, 0.1) is 0 Å². The number of likely N-dealkylation sites (tertiary alicyclic amines) is 1. The summed E-state index contributed by atoms with van der Waals surface area (Å²) < 4.78 is 11.8. The molecule has 7 rings (SSSR count). The van der Waals surface area contributed by atoms with E-state index in [4.69, 9.17) is 9.47 Å². The highest BCUT2D eigenvalue weighted by molar-refractivity contribution is 5.92. The van der Waals surface area contributed by atoms with E-state index < -0.39 is 12.2 Å². The summed E-state index contributed by atoms with van der Waals surface area (Å²) in [6, 6.07) is 41.8. The molecule has 1 aromatic heterocycles. The van der Waals surface area contributed by atoms with E-state index in [2.05, 4.69) is 25.8 Å². The Morgan fingerprint density at radius 3 is 2.28 bits per heavy atom. The molecule has 1 fully saturated rings. The minimum Gasteiger partial charge on any atom is -0.487 e. The SMILES string of the molecule is O=C(CCN1CCC(OC(=O)Nc2ccccc2-c2ccccc2)CC1)Nc1ccc(CNCC(O)c2ccc(OCc3ccccc3)c3[nH]c(=O)ccc23)cc1. The third-order valence-corrected chi connectivity index (χ3v) is 10.1. The summed E-state index contributed by atoms with van der Waals surface area (Å²) >= 11 is 0. The van der Waals surface area contributed by atoms with Crippen LogP contribution in [0.15, 0.2) is 138 Å². The van der Waals surface area contributed by atoms with Gasteiger partial charge in [-0.2, -0.15) is 0 Å². The molecule has 0 spiro atoms. The predicted molar refractivity (Wildman–Crippen MR) is 223 cm³/mol. The number of aliphatic hydroxyl groups is 1. The zero-order chi connectivity index (χ0) is 39.4. The van der Waals surface area contributed by atoms with Gasteiger partial charge in [-0.25, -0.2) is 4.79 Å². The topological polar surface area (TPSA) is 145 Å². The number of amides is 2. The largest absolute Gasteiger partial charge is 0.487 e. The van der Waals surface area contributed by atoms with E-state index in [1.54, 1.807) is 12.1 Å². The number of carbonyl (C=O) groups is 2. The second kappa shape index (κ2) is 19.1. The highest BCUT2D eigenvalue weighted by Crippen LogP contribution is 2.31. The van der Waals surface area contributed by atoms with Crippen LogP contribution in [-0.4, -0.2) is 59.3 Å². The lowest BCUT2D eigenvalue weighted by molar-refractivity contribution is -0.116. The molecule has 1 unspecified atom stereocenters. The van der Waals surface area contributed by atoms with Crippen LogP contribution in [0.3, 0.4) is 0 Å². The van der Waals surface area contributed by atoms with E-state index in [1.807, 2.05) is 115 Å². The van der Waals surface area contributed by atoms with Gasteiger partial charge in [-0.15, -0.1) is 0 Å². The van der Waals surface area contributed by atoms with Gasteiger partial charge in [-0.1, -0.05) is 97.1 Å². The van der Waals surface area contributed by atoms with Crippen molar-refractivity contribution in [2.45, 2.75) is 44.6 Å². The van der Waals surface area contributed by atoms with Crippen molar-refractivity contribution < 1.29 is 24.2 Å². The number of nitrogens with zero attached hydrogens (tertiary/aromatic N) is 1. The molecule has 11 heteroatoms. The van der Waals surface area contributed by atoms with Crippen LogP contribution >= 0.6 is 0 Å². The van der Waals surface area contributed by atoms with Gasteiger partial charge in [0.15, 0.2) is 0 Å². The number of rotatable bonds is 15. The van der Waals surface area contributed by atoms with Crippen molar-refractivity contribution >= 4 is 34.3 Å². The van der Waals surface area contributed by atoms with Gasteiger partial charge < -0.3 is 35.1 Å². The van der Waals surface area contributed by atoms with E-state index in [1.165, 1.54) is 6.07 Å². The van der Waals surface area contributed by atoms with Crippen LogP contribution in [0.1, 0.15) is 42.1 Å². The number of aromatic nitrogens is 1. The Labute approximate surface area is 331 Å². The smallest absolute Gasteiger partial charge is 0.411 e. The molecule has 5 aromatic carbocycles. The molecular weight excluding hydrogens is 719 g/mol. The number of H-pyrrole nitrogens is 1. The van der Waals surface area contributed by atoms with Gasteiger partial charge in [0.25, 0.3) is 0 Å². The minimum atomic E-state index is -0.828. The number of carbonyl (C=O) groups excluding carboxylic acids is 2. The van der Waals surface area contributed by atoms with E-state index in [9.17, 15) is 19.5 Å². The maximum atomic E-state index is 12.8. The number of nitrogens with one attached hydrogen (secondary N) is 4. The van der Waals surface area contributed by atoms with Crippen LogP contribution in [0.5, 0.6) is 5.75 Å². The van der Waals surface area contributed by atoms with Crippen LogP contribution in [0.4, 0.5) is 16.2 Å². The summed E-state index contributed by atoms with van der Waals surface area (Å²) in [6.45, 7) is 3.26. The molecule has 1 aliphatic heterocycles. The Kier molecular flexibility index (Phi) is 13.0. The maximum absolute atomic E-state index is 12.8. The quantitative estimate of drug-likeness (QED) is 0.0718. The monoisotopic (exact) mass is 765 g/mol. The Balaban J connectivity index is 0.813. The zero-order valence-corrected chi connectivity index (χ0v) is 31.7. The number of hydrogen-bond acceptors (Lipinski definition) is 8. The van der Waals surface area contributed by atoms with Crippen molar-refractivity contribution in [1.82, 2.24) is 15.2 Å². The van der Waals surface area contributed by atoms with Gasteiger partial charge in [0.05, 0.1) is 17.3 Å². The molecule has 0 radical (unpaired) electrons. The van der Waals surface area contributed by atoms with Crippen LogP contribution in [0.2, 0.25) is 0 Å². The maximum Gasteiger partial charge on any atom is 0.411 e. The van der Waals surface area contributed by atoms with Gasteiger partial charge in [-0.05, 0) is 65.4 Å². The number of hydrogen-bond donors (Lipinski definition) is 5. The molecule has 11 nitrogen and oxygen atoms in total. The number of fused-ring (bicyclic) bond motifs is 1. The fourth-order valence-corrected chi connectivity index (χ4v) is 7.05. The highest BCUT2D eigenvalue weighted by Gasteiger charge is 2.23. The average Bonchev–Trinajstić information content (AvgIpc) is 3.24. The van der Waals surface area contributed by atoms with E-state index in [0.29, 0.717) is 67.2 Å². The molecule has 0 aliphatic carbocycles. The number of para-hydroxylation sites is 1. The Hall–Kier alpha value is -6.27. The van der Waals surface area contributed by atoms with Crippen molar-refractivity contribution in [2.24, 2.45) is 0 Å². The first-order chi connectivity index (χ1) is 27.9. The second-order valence-corrected chi connectivity index (χ2v) is 14.2. The minimum absolute atomic E-state index is 0.0658. The lowest BCUT2D eigenvalue weighted by Gasteiger charge is -2.31. The Morgan fingerprint density at radius 1 is 0.789 bits per heavy atom. The first kappa shape index (κ1) is 39.0. The molecule has 2 heterocycles. The fourth-order valence-electron chi connectivity index (χ4n) is 7.05. The lowest BCUT2D eigenvalue weighted by atomic mass is 10.0. The number of anilines is 2. The van der Waals surface area contributed by atoms with E-state index >= 15 is 0 Å². The predicted octanol–water partition coefficient (Wildman–Crippen LogP) is 7.64. The molecule has 1 aliphatic rings. The van der Waals surface area contributed by atoms with E-state index in [-0.39, 0.29) is 24.1 Å². The third-order valence-electron chi connectivity index (χ3n) is 10.1. The molecule has 6 aromatic rings. The van der Waals surface area contributed by atoms with Gasteiger partial charge in [0.1, 0.15) is 18.5 Å². The number of pyridine rings is 1. The van der Waals surface area contributed by atoms with Crippen LogP contribution in [0.25, 0.3) is 22.0 Å². The highest BCUT2D eigenvalue weighted by atomic mass is 16.6. The Bertz CT molecular complexity index is 2310. The fraction of sp³-hybridized carbons (Fsp3) is 0.239. The summed E-state index contributed by atoms with van der Waals surface area (Å²) in [6.07, 6.45) is 0.290. The normalized spacial score (nSPS) is 13.8. The summed E-state index contributed by atoms with van der Waals surface area (Å²) in [7, 11) is 0. The van der Waals surface area contributed by atoms with Crippen molar-refractivity contribution in [1.29, 1.82) is 0 Å².